The van der Waals surface area contributed by atoms with Gasteiger partial charge in [0.25, 0.3) is 0 Å². The summed E-state index contributed by atoms with van der Waals surface area (Å²) in [5.74, 6) is 1.41. The molecule has 0 bridgehead atoms. The van der Waals surface area contributed by atoms with Gasteiger partial charge in [0.2, 0.25) is 0 Å². The highest BCUT2D eigenvalue weighted by Crippen LogP contribution is 2.42. The maximum atomic E-state index is 5.07. The highest BCUT2D eigenvalue weighted by molar-refractivity contribution is 7.26. The summed E-state index contributed by atoms with van der Waals surface area (Å²) < 4.78 is 1.15. The first-order valence-corrected chi connectivity index (χ1v) is 11.0. The molecule has 1 aliphatic rings. The monoisotopic (exact) mass is 383 g/mol. The Morgan fingerprint density at radius 2 is 1.93 bits per heavy atom. The van der Waals surface area contributed by atoms with E-state index in [-0.39, 0.29) is 0 Å². The minimum absolute atomic E-state index is 0.462. The number of pyridine rings is 1. The number of anilines is 1. The van der Waals surface area contributed by atoms with Gasteiger partial charge in [-0.25, -0.2) is 15.0 Å². The fourth-order valence-electron chi connectivity index (χ4n) is 4.20. The Kier molecular flexibility index (Phi) is 5.28. The van der Waals surface area contributed by atoms with Crippen LogP contribution in [0.2, 0.25) is 0 Å². The average Bonchev–Trinajstić information content (AvgIpc) is 3.28. The molecule has 1 aliphatic carbocycles. The van der Waals surface area contributed by atoms with Gasteiger partial charge in [0.1, 0.15) is 17.0 Å². The second kappa shape index (κ2) is 7.68. The van der Waals surface area contributed by atoms with Crippen LogP contribution in [-0.4, -0.2) is 46.0 Å². The molecule has 0 atom stereocenters. The summed E-state index contributed by atoms with van der Waals surface area (Å²) in [6.07, 6.45) is 5.23. The molecule has 0 fully saturated rings. The zero-order valence-corrected chi connectivity index (χ0v) is 17.6. The lowest BCUT2D eigenvalue weighted by Gasteiger charge is -2.18. The molecule has 5 nitrogen and oxygen atoms in total. The van der Waals surface area contributed by atoms with Crippen molar-refractivity contribution in [2.24, 2.45) is 0 Å². The van der Waals surface area contributed by atoms with E-state index in [1.807, 2.05) is 0 Å². The van der Waals surface area contributed by atoms with Crippen molar-refractivity contribution in [2.45, 2.75) is 52.9 Å². The van der Waals surface area contributed by atoms with Gasteiger partial charge in [-0.05, 0) is 49.4 Å². The van der Waals surface area contributed by atoms with Crippen molar-refractivity contribution in [3.05, 3.63) is 23.1 Å². The summed E-state index contributed by atoms with van der Waals surface area (Å²) >= 11 is 1.74. The molecule has 0 saturated carbocycles. The number of aryl methyl sites for hydroxylation is 1. The van der Waals surface area contributed by atoms with Crippen molar-refractivity contribution < 1.29 is 0 Å². The fourth-order valence-corrected chi connectivity index (χ4v) is 5.34. The van der Waals surface area contributed by atoms with Crippen LogP contribution in [0, 0.1) is 0 Å². The number of rotatable bonds is 7. The molecule has 0 radical (unpaired) electrons. The van der Waals surface area contributed by atoms with Crippen LogP contribution in [0.3, 0.4) is 0 Å². The van der Waals surface area contributed by atoms with Gasteiger partial charge in [-0.1, -0.05) is 27.7 Å². The van der Waals surface area contributed by atoms with Crippen LogP contribution in [0.25, 0.3) is 20.4 Å². The molecule has 6 heteroatoms. The van der Waals surface area contributed by atoms with E-state index < -0.39 is 0 Å². The summed E-state index contributed by atoms with van der Waals surface area (Å²) in [6, 6.07) is 0. The molecule has 27 heavy (non-hydrogen) atoms. The number of nitrogens with one attached hydrogen (secondary N) is 1. The molecule has 3 aromatic rings. The number of thiophene rings is 1. The van der Waals surface area contributed by atoms with Crippen LogP contribution in [0.15, 0.2) is 6.33 Å². The second-order valence-electron chi connectivity index (χ2n) is 7.60. The van der Waals surface area contributed by atoms with E-state index >= 15 is 0 Å². The number of hydrogen-bond acceptors (Lipinski definition) is 6. The molecule has 0 aromatic carbocycles. The largest absolute Gasteiger partial charge is 0.367 e. The standard InChI is InChI=1S/C21H29N5S/c1-5-26(6-2)11-10-22-20-19-18(23-12-24-20)16-14-8-7-9-15(14)17(13(3)4)25-21(16)27-19/h12-13H,5-11H2,1-4H3,(H,22,23,24). The van der Waals surface area contributed by atoms with Crippen molar-refractivity contribution >= 4 is 37.6 Å². The third-order valence-electron chi connectivity index (χ3n) is 5.67. The molecular formula is C21H29N5S. The minimum Gasteiger partial charge on any atom is -0.367 e. The summed E-state index contributed by atoms with van der Waals surface area (Å²) in [5.41, 5.74) is 5.33. The molecule has 3 heterocycles. The first kappa shape index (κ1) is 18.6. The van der Waals surface area contributed by atoms with Gasteiger partial charge in [-0.15, -0.1) is 11.3 Å². The zero-order valence-electron chi connectivity index (χ0n) is 16.8. The van der Waals surface area contributed by atoms with Crippen LogP contribution < -0.4 is 5.32 Å². The Hall–Kier alpha value is -1.79. The van der Waals surface area contributed by atoms with Gasteiger partial charge < -0.3 is 10.2 Å². The summed E-state index contributed by atoms with van der Waals surface area (Å²) in [7, 11) is 0. The third-order valence-corrected chi connectivity index (χ3v) is 6.75. The SMILES string of the molecule is CCN(CC)CCNc1ncnc2c1sc1nc(C(C)C)c3c(c12)CCC3. The Morgan fingerprint density at radius 1 is 1.15 bits per heavy atom. The number of hydrogen-bond donors (Lipinski definition) is 1. The van der Waals surface area contributed by atoms with E-state index in [1.54, 1.807) is 17.7 Å². The highest BCUT2D eigenvalue weighted by Gasteiger charge is 2.25. The van der Waals surface area contributed by atoms with Crippen LogP contribution in [0.4, 0.5) is 5.82 Å². The van der Waals surface area contributed by atoms with E-state index in [4.69, 9.17) is 4.98 Å². The van der Waals surface area contributed by atoms with Crippen molar-refractivity contribution in [2.75, 3.05) is 31.5 Å². The molecule has 4 rings (SSSR count). The van der Waals surface area contributed by atoms with Crippen molar-refractivity contribution in [1.29, 1.82) is 0 Å². The molecule has 0 spiro atoms. The van der Waals surface area contributed by atoms with Crippen LogP contribution in [0.1, 0.15) is 56.9 Å². The lowest BCUT2D eigenvalue weighted by atomic mass is 9.99. The normalized spacial score (nSPS) is 14.0. The predicted molar refractivity (Wildman–Crippen MR) is 115 cm³/mol. The van der Waals surface area contributed by atoms with Crippen molar-refractivity contribution in [3.8, 4) is 0 Å². The van der Waals surface area contributed by atoms with Crippen LogP contribution >= 0.6 is 11.3 Å². The van der Waals surface area contributed by atoms with Crippen molar-refractivity contribution in [3.63, 3.8) is 0 Å². The molecule has 0 aliphatic heterocycles. The molecule has 0 amide bonds. The first-order chi connectivity index (χ1) is 13.1. The number of fused-ring (bicyclic) bond motifs is 5. The van der Waals surface area contributed by atoms with Crippen LogP contribution in [0.5, 0.6) is 0 Å². The second-order valence-corrected chi connectivity index (χ2v) is 8.60. The number of nitrogens with zero attached hydrogens (tertiary/aromatic N) is 4. The van der Waals surface area contributed by atoms with E-state index in [1.165, 1.54) is 28.6 Å². The van der Waals surface area contributed by atoms with Gasteiger partial charge in [0.15, 0.2) is 0 Å². The molecular weight excluding hydrogens is 354 g/mol. The number of aromatic nitrogens is 3. The molecule has 1 N–H and O–H groups in total. The highest BCUT2D eigenvalue weighted by atomic mass is 32.1. The van der Waals surface area contributed by atoms with Gasteiger partial charge in [-0.3, -0.25) is 0 Å². The van der Waals surface area contributed by atoms with Crippen molar-refractivity contribution in [1.82, 2.24) is 19.9 Å². The quantitative estimate of drug-likeness (QED) is 0.646. The Bertz CT molecular complexity index is 958. The molecule has 144 valence electrons. The van der Waals surface area contributed by atoms with E-state index in [9.17, 15) is 0 Å². The number of likely N-dealkylation sites (N-methyl/N-ethyl adjacent to an activating group) is 1. The molecule has 0 saturated heterocycles. The fraction of sp³-hybridized carbons (Fsp3) is 0.571. The Morgan fingerprint density at radius 3 is 2.67 bits per heavy atom. The average molecular weight is 384 g/mol. The maximum Gasteiger partial charge on any atom is 0.147 e. The van der Waals surface area contributed by atoms with Crippen LogP contribution in [-0.2, 0) is 12.8 Å². The van der Waals surface area contributed by atoms with E-state index in [0.29, 0.717) is 5.92 Å². The lowest BCUT2D eigenvalue weighted by molar-refractivity contribution is 0.316. The summed E-state index contributed by atoms with van der Waals surface area (Å²) in [5, 5.41) is 4.82. The molecule has 0 unspecified atom stereocenters. The smallest absolute Gasteiger partial charge is 0.147 e. The minimum atomic E-state index is 0.462. The lowest BCUT2D eigenvalue weighted by Crippen LogP contribution is -2.28. The maximum absolute atomic E-state index is 5.07. The summed E-state index contributed by atoms with van der Waals surface area (Å²) in [6.45, 7) is 13.0. The molecule has 3 aromatic heterocycles. The summed E-state index contributed by atoms with van der Waals surface area (Å²) in [4.78, 5) is 17.8. The Balaban J connectivity index is 1.76. The van der Waals surface area contributed by atoms with Gasteiger partial charge >= 0.3 is 0 Å². The van der Waals surface area contributed by atoms with Gasteiger partial charge in [0, 0.05) is 24.2 Å². The zero-order chi connectivity index (χ0) is 19.0. The Labute approximate surface area is 165 Å². The predicted octanol–water partition coefficient (Wildman–Crippen LogP) is 4.61. The topological polar surface area (TPSA) is 53.9 Å². The van der Waals surface area contributed by atoms with E-state index in [0.717, 1.165) is 59.9 Å². The first-order valence-electron chi connectivity index (χ1n) is 10.2. The van der Waals surface area contributed by atoms with Gasteiger partial charge in [0.05, 0.1) is 10.2 Å². The van der Waals surface area contributed by atoms with E-state index in [2.05, 4.69) is 47.9 Å². The van der Waals surface area contributed by atoms with Gasteiger partial charge in [-0.2, -0.15) is 0 Å². The third kappa shape index (κ3) is 3.29.